The topological polar surface area (TPSA) is 17.8 Å². The number of nitrogens with zero attached hydrogens (tertiary/aromatic N) is 2. The van der Waals surface area contributed by atoms with E-state index >= 15 is 0 Å². The lowest BCUT2D eigenvalue weighted by Gasteiger charge is -1.97. The molecule has 0 N–H and O–H groups in total. The Labute approximate surface area is 93.3 Å². The molecular weight excluding hydrogens is 272 g/mol. The Morgan fingerprint density at radius 3 is 2.77 bits per heavy atom. The van der Waals surface area contributed by atoms with Crippen molar-refractivity contribution in [2.45, 2.75) is 0 Å². The van der Waals surface area contributed by atoms with Crippen molar-refractivity contribution in [1.82, 2.24) is 9.78 Å². The molecule has 2 rings (SSSR count). The number of thiophene rings is 1. The third-order valence-electron chi connectivity index (χ3n) is 1.70. The van der Waals surface area contributed by atoms with Gasteiger partial charge >= 0.3 is 0 Å². The standard InChI is InChI=1S/C8H6BrClN2S/c1-12-8(5(9)4-11-12)6-2-3-7(10)13-6/h2-4H,1H3. The van der Waals surface area contributed by atoms with Gasteiger partial charge in [0.1, 0.15) is 0 Å². The summed E-state index contributed by atoms with van der Waals surface area (Å²) in [6.07, 6.45) is 1.78. The molecular formula is C8H6BrClN2S. The third-order valence-corrected chi connectivity index (χ3v) is 3.52. The second-order valence-corrected chi connectivity index (χ2v) is 5.14. The Morgan fingerprint density at radius 1 is 1.54 bits per heavy atom. The highest BCUT2D eigenvalue weighted by Gasteiger charge is 2.10. The van der Waals surface area contributed by atoms with Gasteiger partial charge in [0.15, 0.2) is 0 Å². The van der Waals surface area contributed by atoms with Crippen molar-refractivity contribution in [2.75, 3.05) is 0 Å². The van der Waals surface area contributed by atoms with E-state index in [-0.39, 0.29) is 0 Å². The summed E-state index contributed by atoms with van der Waals surface area (Å²) in [7, 11) is 1.91. The summed E-state index contributed by atoms with van der Waals surface area (Å²) in [5.41, 5.74) is 1.07. The fourth-order valence-corrected chi connectivity index (χ4v) is 2.96. The molecule has 0 unspecified atom stereocenters. The lowest BCUT2D eigenvalue weighted by atomic mass is 10.3. The van der Waals surface area contributed by atoms with Crippen molar-refractivity contribution < 1.29 is 0 Å². The molecule has 0 atom stereocenters. The van der Waals surface area contributed by atoms with E-state index in [4.69, 9.17) is 11.6 Å². The maximum atomic E-state index is 5.86. The first-order valence-electron chi connectivity index (χ1n) is 3.61. The van der Waals surface area contributed by atoms with Crippen LogP contribution in [0.1, 0.15) is 0 Å². The highest BCUT2D eigenvalue weighted by Crippen LogP contribution is 2.34. The van der Waals surface area contributed by atoms with Gasteiger partial charge in [0.2, 0.25) is 0 Å². The van der Waals surface area contributed by atoms with Gasteiger partial charge in [-0.1, -0.05) is 11.6 Å². The van der Waals surface area contributed by atoms with E-state index in [1.54, 1.807) is 17.5 Å². The monoisotopic (exact) mass is 276 g/mol. The van der Waals surface area contributed by atoms with Crippen LogP contribution in [-0.2, 0) is 7.05 Å². The van der Waals surface area contributed by atoms with Gasteiger partial charge in [-0.05, 0) is 28.1 Å². The number of hydrogen-bond acceptors (Lipinski definition) is 2. The molecule has 0 saturated carbocycles. The smallest absolute Gasteiger partial charge is 0.0935 e. The molecule has 0 aliphatic heterocycles. The quantitative estimate of drug-likeness (QED) is 0.779. The fraction of sp³-hybridized carbons (Fsp3) is 0.125. The summed E-state index contributed by atoms with van der Waals surface area (Å²) in [5.74, 6) is 0. The first-order valence-corrected chi connectivity index (χ1v) is 5.60. The van der Waals surface area contributed by atoms with Crippen molar-refractivity contribution >= 4 is 38.9 Å². The van der Waals surface area contributed by atoms with Crippen LogP contribution in [0.3, 0.4) is 0 Å². The second kappa shape index (κ2) is 3.44. The second-order valence-electron chi connectivity index (χ2n) is 2.57. The van der Waals surface area contributed by atoms with Gasteiger partial charge in [-0.3, -0.25) is 4.68 Å². The number of rotatable bonds is 1. The largest absolute Gasteiger partial charge is 0.266 e. The lowest BCUT2D eigenvalue weighted by Crippen LogP contribution is -1.91. The van der Waals surface area contributed by atoms with Crippen LogP contribution in [0.5, 0.6) is 0 Å². The summed E-state index contributed by atoms with van der Waals surface area (Å²) < 4.78 is 3.61. The van der Waals surface area contributed by atoms with Crippen LogP contribution in [-0.4, -0.2) is 9.78 Å². The lowest BCUT2D eigenvalue weighted by molar-refractivity contribution is 0.777. The average Bonchev–Trinajstić information content (AvgIpc) is 2.60. The van der Waals surface area contributed by atoms with E-state index in [0.717, 1.165) is 19.4 Å². The highest BCUT2D eigenvalue weighted by atomic mass is 79.9. The van der Waals surface area contributed by atoms with Crippen LogP contribution in [0, 0.1) is 0 Å². The summed E-state index contributed by atoms with van der Waals surface area (Å²) in [6, 6.07) is 3.88. The van der Waals surface area contributed by atoms with Crippen LogP contribution in [0.2, 0.25) is 4.34 Å². The van der Waals surface area contributed by atoms with Gasteiger partial charge in [-0.2, -0.15) is 5.10 Å². The number of halogens is 2. The number of aromatic nitrogens is 2. The zero-order valence-corrected chi connectivity index (χ0v) is 9.95. The molecule has 0 aromatic carbocycles. The zero-order chi connectivity index (χ0) is 9.42. The molecule has 0 spiro atoms. The minimum atomic E-state index is 0.795. The van der Waals surface area contributed by atoms with Crippen molar-refractivity contribution in [3.8, 4) is 10.6 Å². The summed E-state index contributed by atoms with van der Waals surface area (Å²) in [6.45, 7) is 0. The van der Waals surface area contributed by atoms with Gasteiger partial charge < -0.3 is 0 Å². The maximum Gasteiger partial charge on any atom is 0.0935 e. The Hall–Kier alpha value is -0.320. The molecule has 2 aromatic rings. The van der Waals surface area contributed by atoms with E-state index < -0.39 is 0 Å². The fourth-order valence-electron chi connectivity index (χ4n) is 1.13. The Bertz CT molecular complexity index is 416. The highest BCUT2D eigenvalue weighted by molar-refractivity contribution is 9.10. The molecule has 2 aromatic heterocycles. The summed E-state index contributed by atoms with van der Waals surface area (Å²) >= 11 is 10.8. The molecule has 0 aliphatic rings. The Morgan fingerprint density at radius 2 is 2.31 bits per heavy atom. The molecule has 0 aliphatic carbocycles. The normalized spacial score (nSPS) is 10.7. The molecule has 0 amide bonds. The molecule has 0 saturated heterocycles. The molecule has 5 heteroatoms. The van der Waals surface area contributed by atoms with Crippen LogP contribution in [0.15, 0.2) is 22.8 Å². The van der Waals surface area contributed by atoms with Gasteiger partial charge in [0, 0.05) is 7.05 Å². The van der Waals surface area contributed by atoms with E-state index in [9.17, 15) is 0 Å². The van der Waals surface area contributed by atoms with Gasteiger partial charge in [-0.15, -0.1) is 11.3 Å². The summed E-state index contributed by atoms with van der Waals surface area (Å²) in [5, 5.41) is 4.14. The van der Waals surface area contributed by atoms with Crippen LogP contribution in [0.25, 0.3) is 10.6 Å². The number of hydrogen-bond donors (Lipinski definition) is 0. The Balaban J connectivity index is 2.57. The van der Waals surface area contributed by atoms with Crippen molar-refractivity contribution in [1.29, 1.82) is 0 Å². The first-order chi connectivity index (χ1) is 6.18. The molecule has 68 valence electrons. The van der Waals surface area contributed by atoms with Crippen LogP contribution in [0.4, 0.5) is 0 Å². The average molecular weight is 278 g/mol. The third kappa shape index (κ3) is 1.66. The molecule has 13 heavy (non-hydrogen) atoms. The van der Waals surface area contributed by atoms with Gasteiger partial charge in [0.25, 0.3) is 0 Å². The van der Waals surface area contributed by atoms with E-state index in [1.807, 2.05) is 23.9 Å². The molecule has 0 radical (unpaired) electrons. The minimum absolute atomic E-state index is 0.795. The first kappa shape index (κ1) is 9.24. The van der Waals surface area contributed by atoms with Crippen molar-refractivity contribution in [3.63, 3.8) is 0 Å². The molecule has 0 fully saturated rings. The predicted octanol–water partition coefficient (Wildman–Crippen LogP) is 3.56. The van der Waals surface area contributed by atoms with Gasteiger partial charge in [0.05, 0.1) is 25.6 Å². The Kier molecular flexibility index (Phi) is 2.45. The van der Waals surface area contributed by atoms with E-state index in [1.165, 1.54) is 0 Å². The van der Waals surface area contributed by atoms with Crippen molar-refractivity contribution in [3.05, 3.63) is 27.1 Å². The van der Waals surface area contributed by atoms with E-state index in [2.05, 4.69) is 21.0 Å². The summed E-state index contributed by atoms with van der Waals surface area (Å²) in [4.78, 5) is 1.12. The van der Waals surface area contributed by atoms with Crippen LogP contribution >= 0.6 is 38.9 Å². The maximum absolute atomic E-state index is 5.86. The zero-order valence-electron chi connectivity index (χ0n) is 6.79. The molecule has 0 bridgehead atoms. The molecule has 2 nitrogen and oxygen atoms in total. The van der Waals surface area contributed by atoms with E-state index in [0.29, 0.717) is 0 Å². The van der Waals surface area contributed by atoms with Crippen molar-refractivity contribution in [2.24, 2.45) is 7.05 Å². The minimum Gasteiger partial charge on any atom is -0.266 e. The molecule has 2 heterocycles. The predicted molar refractivity (Wildman–Crippen MR) is 59.2 cm³/mol. The van der Waals surface area contributed by atoms with Crippen LogP contribution < -0.4 is 0 Å². The SMILES string of the molecule is Cn1ncc(Br)c1-c1ccc(Cl)s1. The number of aryl methyl sites for hydroxylation is 1. The van der Waals surface area contributed by atoms with Gasteiger partial charge in [-0.25, -0.2) is 0 Å².